The molecule has 0 fully saturated rings. The molecule has 6 nitrogen and oxygen atoms in total. The number of aryl methyl sites for hydroxylation is 1. The molecule has 154 valence electrons. The van der Waals surface area contributed by atoms with Gasteiger partial charge in [0.2, 0.25) is 5.43 Å². The zero-order valence-corrected chi connectivity index (χ0v) is 16.6. The number of carbonyl (C=O) groups excluding carboxylic acids is 1. The van der Waals surface area contributed by atoms with Crippen LogP contribution < -0.4 is 10.2 Å². The fourth-order valence-electron chi connectivity index (χ4n) is 4.06. The lowest BCUT2D eigenvalue weighted by Crippen LogP contribution is -2.22. The predicted molar refractivity (Wildman–Crippen MR) is 115 cm³/mol. The van der Waals surface area contributed by atoms with Crippen molar-refractivity contribution in [1.29, 1.82) is 0 Å². The van der Waals surface area contributed by atoms with Crippen molar-refractivity contribution in [3.8, 4) is 28.4 Å². The summed E-state index contributed by atoms with van der Waals surface area (Å²) in [5.41, 5.74) is 3.12. The lowest BCUT2D eigenvalue weighted by molar-refractivity contribution is -0.135. The number of esters is 1. The summed E-state index contributed by atoms with van der Waals surface area (Å²) < 4.78 is 11.3. The van der Waals surface area contributed by atoms with Crippen molar-refractivity contribution in [3.05, 3.63) is 87.8 Å². The van der Waals surface area contributed by atoms with Gasteiger partial charge in [-0.3, -0.25) is 9.59 Å². The third-order valence-electron chi connectivity index (χ3n) is 5.63. The highest BCUT2D eigenvalue weighted by molar-refractivity contribution is 5.94. The molecule has 31 heavy (non-hydrogen) atoms. The van der Waals surface area contributed by atoms with Crippen molar-refractivity contribution in [2.45, 2.75) is 19.3 Å². The van der Waals surface area contributed by atoms with E-state index in [0.717, 1.165) is 11.1 Å². The average Bonchev–Trinajstić information content (AvgIpc) is 2.74. The number of hydrogen-bond acceptors (Lipinski definition) is 6. The maximum Gasteiger partial charge on any atom is 0.312 e. The van der Waals surface area contributed by atoms with Crippen LogP contribution in [0.25, 0.3) is 22.1 Å². The lowest BCUT2D eigenvalue weighted by Gasteiger charge is -2.26. The highest BCUT2D eigenvalue weighted by atomic mass is 16.5. The fraction of sp³-hybridized carbons (Fsp3) is 0.120. The van der Waals surface area contributed by atoms with Gasteiger partial charge < -0.3 is 19.4 Å². The summed E-state index contributed by atoms with van der Waals surface area (Å²) in [4.78, 5) is 25.5. The zero-order valence-electron chi connectivity index (χ0n) is 16.6. The van der Waals surface area contributed by atoms with Crippen LogP contribution in [0, 0.1) is 6.92 Å². The van der Waals surface area contributed by atoms with E-state index in [1.807, 2.05) is 31.2 Å². The van der Waals surface area contributed by atoms with E-state index in [1.54, 1.807) is 12.1 Å². The van der Waals surface area contributed by atoms with Crippen LogP contribution in [0.5, 0.6) is 17.2 Å². The Morgan fingerprint density at radius 1 is 0.968 bits per heavy atom. The molecular weight excluding hydrogens is 396 g/mol. The third kappa shape index (κ3) is 3.13. The number of ether oxygens (including phenoxy) is 1. The normalized spacial score (nSPS) is 15.5. The molecule has 0 saturated carbocycles. The van der Waals surface area contributed by atoms with E-state index < -0.39 is 11.4 Å². The van der Waals surface area contributed by atoms with Gasteiger partial charge in [-0.05, 0) is 30.2 Å². The average molecular weight is 414 g/mol. The highest BCUT2D eigenvalue weighted by Gasteiger charge is 2.33. The first-order chi connectivity index (χ1) is 14.9. The topological polar surface area (TPSA) is 97.0 Å². The van der Waals surface area contributed by atoms with Crippen LogP contribution in [0.4, 0.5) is 0 Å². The minimum atomic E-state index is -0.417. The molecule has 2 heterocycles. The summed E-state index contributed by atoms with van der Waals surface area (Å²) in [6.45, 7) is 1.98. The number of carbonyl (C=O) groups is 1. The van der Waals surface area contributed by atoms with Crippen LogP contribution in [0.1, 0.15) is 29.0 Å². The standard InChI is InChI=1S/C25H18O6/c1-13-2-4-14(5-3-13)17-10-21(28)31-20-11-19(27)23-24(29)18(12-30-25(23)22(17)20)15-6-8-16(26)9-7-15/h2-9,11-12,17,26-27H,10H2,1H3/t17-/m0/s1. The second-order valence-corrected chi connectivity index (χ2v) is 7.68. The molecule has 1 aliphatic heterocycles. The monoisotopic (exact) mass is 414 g/mol. The number of phenolic OH excluding ortho intramolecular Hbond substituents is 2. The minimum absolute atomic E-state index is 0.0272. The van der Waals surface area contributed by atoms with Crippen LogP contribution in [-0.2, 0) is 4.79 Å². The molecule has 4 aromatic rings. The van der Waals surface area contributed by atoms with Crippen LogP contribution >= 0.6 is 0 Å². The van der Waals surface area contributed by atoms with Gasteiger partial charge in [-0.2, -0.15) is 0 Å². The number of phenols is 2. The van der Waals surface area contributed by atoms with E-state index in [2.05, 4.69) is 0 Å². The molecule has 0 aliphatic carbocycles. The van der Waals surface area contributed by atoms with E-state index in [1.165, 1.54) is 24.5 Å². The Balaban J connectivity index is 1.77. The first-order valence-electron chi connectivity index (χ1n) is 9.80. The summed E-state index contributed by atoms with van der Waals surface area (Å²) in [5, 5.41) is 20.2. The van der Waals surface area contributed by atoms with E-state index in [-0.39, 0.29) is 46.1 Å². The lowest BCUT2D eigenvalue weighted by atomic mass is 9.84. The Morgan fingerprint density at radius 2 is 1.68 bits per heavy atom. The smallest absolute Gasteiger partial charge is 0.312 e. The van der Waals surface area contributed by atoms with E-state index >= 15 is 0 Å². The Bertz CT molecular complexity index is 1380. The van der Waals surface area contributed by atoms with Crippen LogP contribution in [0.2, 0.25) is 0 Å². The zero-order chi connectivity index (χ0) is 21.7. The molecule has 0 bridgehead atoms. The molecule has 1 atom stereocenters. The molecule has 0 amide bonds. The second kappa shape index (κ2) is 7.02. The molecule has 3 aromatic carbocycles. The van der Waals surface area contributed by atoms with Gasteiger partial charge >= 0.3 is 5.97 Å². The number of aromatic hydroxyl groups is 2. The Morgan fingerprint density at radius 3 is 2.39 bits per heavy atom. The fourth-order valence-corrected chi connectivity index (χ4v) is 4.06. The van der Waals surface area contributed by atoms with E-state index in [9.17, 15) is 19.8 Å². The number of rotatable bonds is 2. The number of hydrogen-bond donors (Lipinski definition) is 2. The maximum atomic E-state index is 13.3. The Kier molecular flexibility index (Phi) is 4.29. The molecule has 0 spiro atoms. The Hall–Kier alpha value is -4.06. The van der Waals surface area contributed by atoms with Crippen LogP contribution in [0.15, 0.2) is 70.1 Å². The summed E-state index contributed by atoms with van der Waals surface area (Å²) in [6.07, 6.45) is 1.43. The summed E-state index contributed by atoms with van der Waals surface area (Å²) in [6, 6.07) is 15.2. The molecular formula is C25H18O6. The van der Waals surface area contributed by atoms with E-state index in [4.69, 9.17) is 9.15 Å². The summed E-state index contributed by atoms with van der Waals surface area (Å²) in [5.74, 6) is -0.844. The van der Waals surface area contributed by atoms with Gasteiger partial charge in [-0.15, -0.1) is 0 Å². The first kappa shape index (κ1) is 18.9. The van der Waals surface area contributed by atoms with Crippen molar-refractivity contribution in [3.63, 3.8) is 0 Å². The third-order valence-corrected chi connectivity index (χ3v) is 5.63. The molecule has 0 unspecified atom stereocenters. The first-order valence-corrected chi connectivity index (χ1v) is 9.80. The maximum absolute atomic E-state index is 13.3. The second-order valence-electron chi connectivity index (χ2n) is 7.68. The van der Waals surface area contributed by atoms with Gasteiger partial charge in [-0.25, -0.2) is 0 Å². The molecule has 0 saturated heterocycles. The molecule has 5 rings (SSSR count). The van der Waals surface area contributed by atoms with Crippen molar-refractivity contribution < 1.29 is 24.2 Å². The Labute approximate surface area is 177 Å². The summed E-state index contributed by atoms with van der Waals surface area (Å²) in [7, 11) is 0. The van der Waals surface area contributed by atoms with Crippen LogP contribution in [-0.4, -0.2) is 16.2 Å². The largest absolute Gasteiger partial charge is 0.508 e. The van der Waals surface area contributed by atoms with Crippen molar-refractivity contribution >= 4 is 16.9 Å². The molecule has 0 radical (unpaired) electrons. The summed E-state index contributed by atoms with van der Waals surface area (Å²) >= 11 is 0. The van der Waals surface area contributed by atoms with Gasteiger partial charge in [0.05, 0.1) is 12.0 Å². The van der Waals surface area contributed by atoms with E-state index in [0.29, 0.717) is 11.1 Å². The number of fused-ring (bicyclic) bond motifs is 3. The molecule has 1 aromatic heterocycles. The van der Waals surface area contributed by atoms with Gasteiger partial charge in [-0.1, -0.05) is 42.0 Å². The molecule has 2 N–H and O–H groups in total. The SMILES string of the molecule is Cc1ccc([C@@H]2CC(=O)Oc3cc(O)c4c(=O)c(-c5ccc(O)cc5)coc4c32)cc1. The van der Waals surface area contributed by atoms with Crippen molar-refractivity contribution in [2.24, 2.45) is 0 Å². The van der Waals surface area contributed by atoms with Gasteiger partial charge in [0.15, 0.2) is 0 Å². The minimum Gasteiger partial charge on any atom is -0.508 e. The van der Waals surface area contributed by atoms with Gasteiger partial charge in [0, 0.05) is 17.5 Å². The van der Waals surface area contributed by atoms with Gasteiger partial charge in [0.25, 0.3) is 0 Å². The quantitative estimate of drug-likeness (QED) is 0.367. The van der Waals surface area contributed by atoms with Crippen molar-refractivity contribution in [1.82, 2.24) is 0 Å². The van der Waals surface area contributed by atoms with Crippen LogP contribution in [0.3, 0.4) is 0 Å². The molecule has 6 heteroatoms. The predicted octanol–water partition coefficient (Wildman–Crippen LogP) is 4.62. The number of benzene rings is 3. The highest BCUT2D eigenvalue weighted by Crippen LogP contribution is 2.45. The molecule has 1 aliphatic rings. The van der Waals surface area contributed by atoms with Crippen molar-refractivity contribution in [2.75, 3.05) is 0 Å². The van der Waals surface area contributed by atoms with Gasteiger partial charge in [0.1, 0.15) is 34.5 Å².